The first-order valence-corrected chi connectivity index (χ1v) is 10.9. The van der Waals surface area contributed by atoms with Crippen LogP contribution in [0.2, 0.25) is 0 Å². The molecule has 0 atom stereocenters. The highest BCUT2D eigenvalue weighted by Crippen LogP contribution is 2.49. The second-order valence-corrected chi connectivity index (χ2v) is 9.65. The smallest absolute Gasteiger partial charge is 0.284 e. The van der Waals surface area contributed by atoms with Crippen molar-refractivity contribution in [2.24, 2.45) is 5.92 Å². The van der Waals surface area contributed by atoms with E-state index in [1.54, 1.807) is 17.5 Å². The monoisotopic (exact) mass is 430 g/mol. The van der Waals surface area contributed by atoms with E-state index < -0.39 is 23.8 Å². The molecule has 0 aliphatic carbocycles. The van der Waals surface area contributed by atoms with Crippen molar-refractivity contribution >= 4 is 51.1 Å². The van der Waals surface area contributed by atoms with Crippen molar-refractivity contribution in [2.75, 3.05) is 0 Å². The Labute approximate surface area is 181 Å². The molecule has 2 aliphatic heterocycles. The Balaban J connectivity index is 1.56. The van der Waals surface area contributed by atoms with E-state index in [4.69, 9.17) is 0 Å². The first-order chi connectivity index (χ1) is 14.9. The van der Waals surface area contributed by atoms with Crippen LogP contribution < -0.4 is 10.6 Å². The Morgan fingerprint density at radius 3 is 2.55 bits per heavy atom. The van der Waals surface area contributed by atoms with Gasteiger partial charge in [0.1, 0.15) is 16.6 Å². The minimum Gasteiger partial charge on any atom is -0.284 e. The number of pyridine rings is 1. The summed E-state index contributed by atoms with van der Waals surface area (Å²) in [6.07, 6.45) is 2.04. The van der Waals surface area contributed by atoms with Crippen LogP contribution in [0.3, 0.4) is 0 Å². The van der Waals surface area contributed by atoms with Gasteiger partial charge in [0.25, 0.3) is 0 Å². The van der Waals surface area contributed by atoms with Crippen molar-refractivity contribution in [3.63, 3.8) is 0 Å². The van der Waals surface area contributed by atoms with Gasteiger partial charge in [0.2, 0.25) is 11.8 Å². The fourth-order valence-electron chi connectivity index (χ4n) is 4.82. The molecule has 31 heavy (non-hydrogen) atoms. The molecule has 0 radical (unpaired) electrons. The number of fused-ring (bicyclic) bond motifs is 5. The van der Waals surface area contributed by atoms with Gasteiger partial charge in [-0.05, 0) is 29.3 Å². The summed E-state index contributed by atoms with van der Waals surface area (Å²) in [5.74, 6) is -2.04. The molecule has 1 saturated heterocycles. The van der Waals surface area contributed by atoms with Gasteiger partial charge >= 0.3 is 6.03 Å². The highest BCUT2D eigenvalue weighted by Gasteiger charge is 2.39. The number of benzene rings is 1. The topological polar surface area (TPSA) is 93.1 Å². The van der Waals surface area contributed by atoms with Crippen LogP contribution in [0.25, 0.3) is 26.9 Å². The Morgan fingerprint density at radius 2 is 1.77 bits per heavy atom. The van der Waals surface area contributed by atoms with Gasteiger partial charge < -0.3 is 0 Å². The Kier molecular flexibility index (Phi) is 3.54. The molecular weight excluding hydrogens is 412 g/mol. The van der Waals surface area contributed by atoms with Gasteiger partial charge in [0.15, 0.2) is 0 Å². The zero-order valence-corrected chi connectivity index (χ0v) is 17.7. The van der Waals surface area contributed by atoms with Gasteiger partial charge in [-0.1, -0.05) is 32.0 Å². The highest BCUT2D eigenvalue weighted by atomic mass is 32.1. The van der Waals surface area contributed by atoms with E-state index in [1.807, 2.05) is 6.07 Å². The number of rotatable bonds is 2. The first kappa shape index (κ1) is 18.3. The molecule has 0 spiro atoms. The van der Waals surface area contributed by atoms with Gasteiger partial charge in [-0.25, -0.2) is 9.78 Å². The van der Waals surface area contributed by atoms with Gasteiger partial charge in [0.05, 0.1) is 5.52 Å². The van der Waals surface area contributed by atoms with Gasteiger partial charge in [-0.3, -0.25) is 24.8 Å². The standard InChI is InChI=1S/C23H18N4O3S/c1-23(2)15-7-3-5-12-13-6-4-8-24-18(13)27(17(12)15)21-16(23)10-11(31-21)9-14-19(28)25-22(30)26-20(14)29/h3-8,10,14H,9H2,1-2H3,(H2,25,26,28,29,30). The number of thiophene rings is 1. The number of barbiturate groups is 1. The molecule has 2 N–H and O–H groups in total. The van der Waals surface area contributed by atoms with Crippen molar-refractivity contribution in [3.05, 3.63) is 58.6 Å². The van der Waals surface area contributed by atoms with Crippen LogP contribution in [0.5, 0.6) is 0 Å². The van der Waals surface area contributed by atoms with Crippen LogP contribution in [0, 0.1) is 5.92 Å². The maximum absolute atomic E-state index is 12.3. The van der Waals surface area contributed by atoms with Gasteiger partial charge in [-0.2, -0.15) is 0 Å². The molecule has 1 fully saturated rings. The molecule has 0 bridgehead atoms. The van der Waals surface area contributed by atoms with E-state index >= 15 is 0 Å². The maximum atomic E-state index is 12.3. The summed E-state index contributed by atoms with van der Waals surface area (Å²) >= 11 is 1.57. The zero-order valence-electron chi connectivity index (χ0n) is 16.9. The van der Waals surface area contributed by atoms with Crippen molar-refractivity contribution in [1.29, 1.82) is 0 Å². The number of carbonyl (C=O) groups excluding carboxylic acids is 3. The van der Waals surface area contributed by atoms with E-state index in [-0.39, 0.29) is 11.8 Å². The molecule has 3 aromatic heterocycles. The number of para-hydroxylation sites is 1. The second-order valence-electron chi connectivity index (χ2n) is 8.53. The summed E-state index contributed by atoms with van der Waals surface area (Å²) in [6, 6.07) is 11.7. The quantitative estimate of drug-likeness (QED) is 0.477. The number of nitrogens with zero attached hydrogens (tertiary/aromatic N) is 2. The molecule has 5 heterocycles. The number of carbonyl (C=O) groups is 3. The predicted octanol–water partition coefficient (Wildman–Crippen LogP) is 3.40. The molecule has 4 aromatic rings. The normalized spacial score (nSPS) is 17.7. The SMILES string of the molecule is CC1(C)c2cc(CC3C(=O)NC(=O)NC3=O)sc2-n2c3ncccc3c3cccc1c32. The summed E-state index contributed by atoms with van der Waals surface area (Å²) < 4.78 is 2.21. The molecule has 0 saturated carbocycles. The zero-order chi connectivity index (χ0) is 21.5. The van der Waals surface area contributed by atoms with Crippen LogP contribution in [-0.2, 0) is 21.4 Å². The van der Waals surface area contributed by atoms with Gasteiger partial charge in [-0.15, -0.1) is 11.3 Å². The van der Waals surface area contributed by atoms with Crippen LogP contribution in [0.15, 0.2) is 42.6 Å². The molecule has 0 unspecified atom stereocenters. The third-order valence-corrected chi connectivity index (χ3v) is 7.52. The van der Waals surface area contributed by atoms with Crippen molar-refractivity contribution in [3.8, 4) is 5.00 Å². The molecule has 6 rings (SSSR count). The summed E-state index contributed by atoms with van der Waals surface area (Å²) in [7, 11) is 0. The number of aromatic nitrogens is 2. The number of imide groups is 2. The lowest BCUT2D eigenvalue weighted by Gasteiger charge is -2.32. The summed E-state index contributed by atoms with van der Waals surface area (Å²) in [5.41, 5.74) is 4.16. The maximum Gasteiger partial charge on any atom is 0.328 e. The summed E-state index contributed by atoms with van der Waals surface area (Å²) in [4.78, 5) is 41.5. The number of amides is 4. The third kappa shape index (κ3) is 2.39. The molecule has 8 heteroatoms. The second kappa shape index (κ2) is 6.01. The number of urea groups is 1. The molecule has 2 aliphatic rings. The summed E-state index contributed by atoms with van der Waals surface area (Å²) in [6.45, 7) is 4.40. The number of nitrogens with one attached hydrogen (secondary N) is 2. The van der Waals surface area contributed by atoms with E-state index in [9.17, 15) is 14.4 Å². The minimum atomic E-state index is -0.928. The van der Waals surface area contributed by atoms with Crippen molar-refractivity contribution < 1.29 is 14.4 Å². The Hall–Kier alpha value is -3.52. The molecule has 7 nitrogen and oxygen atoms in total. The van der Waals surface area contributed by atoms with Crippen molar-refractivity contribution in [1.82, 2.24) is 20.2 Å². The van der Waals surface area contributed by atoms with Crippen LogP contribution in [0.4, 0.5) is 4.79 Å². The van der Waals surface area contributed by atoms with E-state index in [2.05, 4.69) is 64.4 Å². The Morgan fingerprint density at radius 1 is 1.03 bits per heavy atom. The van der Waals surface area contributed by atoms with E-state index in [0.717, 1.165) is 32.0 Å². The lowest BCUT2D eigenvalue weighted by molar-refractivity contribution is -0.135. The lowest BCUT2D eigenvalue weighted by atomic mass is 9.76. The predicted molar refractivity (Wildman–Crippen MR) is 117 cm³/mol. The summed E-state index contributed by atoms with van der Waals surface area (Å²) in [5, 5.41) is 7.70. The average molecular weight is 430 g/mol. The minimum absolute atomic E-state index is 0.241. The number of hydrogen-bond acceptors (Lipinski definition) is 5. The largest absolute Gasteiger partial charge is 0.328 e. The molecule has 1 aromatic carbocycles. The van der Waals surface area contributed by atoms with E-state index in [0.29, 0.717) is 0 Å². The molecule has 4 amide bonds. The van der Waals surface area contributed by atoms with Gasteiger partial charge in [0, 0.05) is 33.7 Å². The Bertz CT molecular complexity index is 1440. The molecular formula is C23H18N4O3S. The average Bonchev–Trinajstić information content (AvgIpc) is 3.29. The first-order valence-electron chi connectivity index (χ1n) is 10.0. The third-order valence-electron chi connectivity index (χ3n) is 6.37. The van der Waals surface area contributed by atoms with E-state index in [1.165, 1.54) is 10.9 Å². The lowest BCUT2D eigenvalue weighted by Crippen LogP contribution is -2.56. The fourth-order valence-corrected chi connectivity index (χ4v) is 6.19. The number of hydrogen-bond donors (Lipinski definition) is 2. The fraction of sp³-hybridized carbons (Fsp3) is 0.217. The van der Waals surface area contributed by atoms with Crippen LogP contribution in [0.1, 0.15) is 29.9 Å². The highest BCUT2D eigenvalue weighted by molar-refractivity contribution is 7.14. The van der Waals surface area contributed by atoms with Crippen molar-refractivity contribution in [2.45, 2.75) is 25.7 Å². The van der Waals surface area contributed by atoms with Crippen LogP contribution in [-0.4, -0.2) is 27.4 Å². The molecule has 154 valence electrons. The van der Waals surface area contributed by atoms with Crippen LogP contribution >= 0.6 is 11.3 Å².